The SMILES string of the molecule is COC(=O)C(C)CNC(=O)O. The maximum absolute atomic E-state index is 10.7. The van der Waals surface area contributed by atoms with Crippen LogP contribution in [-0.4, -0.2) is 30.8 Å². The Labute approximate surface area is 64.3 Å². The first-order chi connectivity index (χ1) is 5.07. The Morgan fingerprint density at radius 3 is 2.55 bits per heavy atom. The van der Waals surface area contributed by atoms with Gasteiger partial charge in [-0.1, -0.05) is 6.92 Å². The fourth-order valence-corrected chi connectivity index (χ4v) is 0.525. The van der Waals surface area contributed by atoms with Crippen LogP contribution in [0.25, 0.3) is 0 Å². The van der Waals surface area contributed by atoms with Crippen LogP contribution in [0.4, 0.5) is 4.79 Å². The highest BCUT2D eigenvalue weighted by atomic mass is 16.5. The molecule has 0 radical (unpaired) electrons. The first-order valence-corrected chi connectivity index (χ1v) is 3.12. The number of carbonyl (C=O) groups is 2. The van der Waals surface area contributed by atoms with Crippen LogP contribution in [0.1, 0.15) is 6.92 Å². The molecule has 0 saturated carbocycles. The predicted octanol–water partition coefficient (Wildman–Crippen LogP) is 0.0631. The van der Waals surface area contributed by atoms with Crippen molar-refractivity contribution >= 4 is 12.1 Å². The number of rotatable bonds is 3. The predicted molar refractivity (Wildman–Crippen MR) is 37.2 cm³/mol. The van der Waals surface area contributed by atoms with Crippen molar-refractivity contribution in [1.29, 1.82) is 0 Å². The zero-order valence-corrected chi connectivity index (χ0v) is 6.46. The van der Waals surface area contributed by atoms with Crippen molar-refractivity contribution in [3.63, 3.8) is 0 Å². The third-order valence-electron chi connectivity index (χ3n) is 1.16. The summed E-state index contributed by atoms with van der Waals surface area (Å²) in [5.74, 6) is -0.852. The van der Waals surface area contributed by atoms with Gasteiger partial charge in [0, 0.05) is 6.54 Å². The summed E-state index contributed by atoms with van der Waals surface area (Å²) in [6.45, 7) is 1.67. The maximum atomic E-state index is 10.7. The molecule has 0 heterocycles. The van der Waals surface area contributed by atoms with E-state index < -0.39 is 18.0 Å². The Morgan fingerprint density at radius 1 is 1.64 bits per heavy atom. The second-order valence-corrected chi connectivity index (χ2v) is 2.11. The van der Waals surface area contributed by atoms with Gasteiger partial charge in [-0.3, -0.25) is 4.79 Å². The minimum Gasteiger partial charge on any atom is -0.469 e. The van der Waals surface area contributed by atoms with Crippen LogP contribution in [0.5, 0.6) is 0 Å². The van der Waals surface area contributed by atoms with Crippen molar-refractivity contribution in [3.05, 3.63) is 0 Å². The van der Waals surface area contributed by atoms with Crippen molar-refractivity contribution in [2.24, 2.45) is 5.92 Å². The summed E-state index contributed by atoms with van der Waals surface area (Å²) in [5.41, 5.74) is 0. The van der Waals surface area contributed by atoms with Gasteiger partial charge in [-0.05, 0) is 0 Å². The average molecular weight is 161 g/mol. The number of ether oxygens (including phenoxy) is 1. The molecule has 5 heteroatoms. The van der Waals surface area contributed by atoms with E-state index in [1.165, 1.54) is 7.11 Å². The van der Waals surface area contributed by atoms with Gasteiger partial charge in [-0.15, -0.1) is 0 Å². The van der Waals surface area contributed by atoms with Gasteiger partial charge in [-0.2, -0.15) is 0 Å². The lowest BCUT2D eigenvalue weighted by Crippen LogP contribution is -2.30. The normalized spacial score (nSPS) is 11.8. The molecule has 1 unspecified atom stereocenters. The maximum Gasteiger partial charge on any atom is 0.404 e. The lowest BCUT2D eigenvalue weighted by molar-refractivity contribution is -0.144. The molecule has 2 N–H and O–H groups in total. The van der Waals surface area contributed by atoms with Crippen LogP contribution in [-0.2, 0) is 9.53 Å². The molecule has 1 atom stereocenters. The average Bonchev–Trinajstić information content (AvgIpc) is 1.98. The molecule has 11 heavy (non-hydrogen) atoms. The molecule has 0 aromatic carbocycles. The van der Waals surface area contributed by atoms with E-state index in [2.05, 4.69) is 10.1 Å². The largest absolute Gasteiger partial charge is 0.469 e. The second-order valence-electron chi connectivity index (χ2n) is 2.11. The van der Waals surface area contributed by atoms with Crippen LogP contribution < -0.4 is 5.32 Å². The van der Waals surface area contributed by atoms with Gasteiger partial charge in [-0.25, -0.2) is 4.79 Å². The molecular formula is C6H11NO4. The number of hydrogen-bond acceptors (Lipinski definition) is 3. The third kappa shape index (κ3) is 4.19. The van der Waals surface area contributed by atoms with Gasteiger partial charge in [0.25, 0.3) is 0 Å². The summed E-state index contributed by atoms with van der Waals surface area (Å²) in [6.07, 6.45) is -1.14. The first kappa shape index (κ1) is 9.74. The van der Waals surface area contributed by atoms with Crippen molar-refractivity contribution in [2.45, 2.75) is 6.92 Å². The highest BCUT2D eigenvalue weighted by Gasteiger charge is 2.12. The molecule has 64 valence electrons. The van der Waals surface area contributed by atoms with Crippen LogP contribution in [0, 0.1) is 5.92 Å². The highest BCUT2D eigenvalue weighted by Crippen LogP contribution is 1.94. The van der Waals surface area contributed by atoms with Gasteiger partial charge in [0.05, 0.1) is 13.0 Å². The number of nitrogens with one attached hydrogen (secondary N) is 1. The van der Waals surface area contributed by atoms with Gasteiger partial charge in [0.15, 0.2) is 0 Å². The topological polar surface area (TPSA) is 75.6 Å². The molecular weight excluding hydrogens is 150 g/mol. The van der Waals surface area contributed by atoms with Crippen molar-refractivity contribution < 1.29 is 19.4 Å². The van der Waals surface area contributed by atoms with Gasteiger partial charge in [0.1, 0.15) is 0 Å². The Morgan fingerprint density at radius 2 is 2.18 bits per heavy atom. The van der Waals surface area contributed by atoms with Gasteiger partial charge < -0.3 is 15.2 Å². The smallest absolute Gasteiger partial charge is 0.404 e. The Kier molecular flexibility index (Phi) is 4.02. The summed E-state index contributed by atoms with van der Waals surface area (Å²) >= 11 is 0. The lowest BCUT2D eigenvalue weighted by Gasteiger charge is -2.07. The van der Waals surface area contributed by atoms with E-state index in [4.69, 9.17) is 5.11 Å². The fraction of sp³-hybridized carbons (Fsp3) is 0.667. The molecule has 0 rings (SSSR count). The Hall–Kier alpha value is -1.26. The minimum atomic E-state index is -1.14. The molecule has 5 nitrogen and oxygen atoms in total. The number of hydrogen-bond donors (Lipinski definition) is 2. The quantitative estimate of drug-likeness (QED) is 0.574. The van der Waals surface area contributed by atoms with E-state index in [9.17, 15) is 9.59 Å². The first-order valence-electron chi connectivity index (χ1n) is 3.12. The molecule has 0 saturated heterocycles. The number of carbonyl (C=O) groups excluding carboxylic acids is 1. The van der Waals surface area contributed by atoms with Gasteiger partial charge in [0.2, 0.25) is 0 Å². The van der Waals surface area contributed by atoms with Gasteiger partial charge >= 0.3 is 12.1 Å². The third-order valence-corrected chi connectivity index (χ3v) is 1.16. The molecule has 0 aliphatic rings. The molecule has 0 fully saturated rings. The molecule has 1 amide bonds. The van der Waals surface area contributed by atoms with E-state index >= 15 is 0 Å². The van der Waals surface area contributed by atoms with Crippen LogP contribution >= 0.6 is 0 Å². The zero-order chi connectivity index (χ0) is 8.85. The van der Waals surface area contributed by atoms with Crippen LogP contribution in [0.3, 0.4) is 0 Å². The zero-order valence-electron chi connectivity index (χ0n) is 6.46. The summed E-state index contributed by atoms with van der Waals surface area (Å²) in [5, 5.41) is 10.2. The number of amides is 1. The van der Waals surface area contributed by atoms with E-state index in [-0.39, 0.29) is 6.54 Å². The molecule has 0 bridgehead atoms. The summed E-state index contributed by atoms with van der Waals surface area (Å²) < 4.78 is 4.37. The lowest BCUT2D eigenvalue weighted by atomic mass is 10.2. The molecule has 0 aromatic rings. The number of methoxy groups -OCH3 is 1. The van der Waals surface area contributed by atoms with Crippen molar-refractivity contribution in [2.75, 3.05) is 13.7 Å². The van der Waals surface area contributed by atoms with E-state index in [1.807, 2.05) is 0 Å². The van der Waals surface area contributed by atoms with E-state index in [0.29, 0.717) is 0 Å². The monoisotopic (exact) mass is 161 g/mol. The van der Waals surface area contributed by atoms with Crippen LogP contribution in [0.15, 0.2) is 0 Å². The fourth-order valence-electron chi connectivity index (χ4n) is 0.525. The molecule has 0 aliphatic carbocycles. The Balaban J connectivity index is 3.60. The van der Waals surface area contributed by atoms with E-state index in [0.717, 1.165) is 0 Å². The minimum absolute atomic E-state index is 0.0853. The number of esters is 1. The molecule has 0 spiro atoms. The Bertz CT molecular complexity index is 157. The summed E-state index contributed by atoms with van der Waals surface area (Å²) in [6, 6.07) is 0. The second kappa shape index (κ2) is 4.54. The molecule has 0 aromatic heterocycles. The van der Waals surface area contributed by atoms with Crippen molar-refractivity contribution in [1.82, 2.24) is 5.32 Å². The van der Waals surface area contributed by atoms with E-state index in [1.54, 1.807) is 6.92 Å². The standard InChI is InChI=1S/C6H11NO4/c1-4(5(8)11-2)3-7-6(9)10/h4,7H,3H2,1-2H3,(H,9,10). The molecule has 0 aliphatic heterocycles. The highest BCUT2D eigenvalue weighted by molar-refractivity contribution is 5.73. The van der Waals surface area contributed by atoms with Crippen LogP contribution in [0.2, 0.25) is 0 Å². The number of carboxylic acid groups (broad SMARTS) is 1. The van der Waals surface area contributed by atoms with Crippen molar-refractivity contribution in [3.8, 4) is 0 Å². The summed E-state index contributed by atoms with van der Waals surface area (Å²) in [4.78, 5) is 20.6. The summed E-state index contributed by atoms with van der Waals surface area (Å²) in [7, 11) is 1.26.